The van der Waals surface area contributed by atoms with Gasteiger partial charge >= 0.3 is 5.97 Å². The molecule has 2 saturated carbocycles. The molecule has 4 heteroatoms. The molecule has 2 aliphatic rings. The molecule has 0 aliphatic heterocycles. The molecule has 22 heavy (non-hydrogen) atoms. The van der Waals surface area contributed by atoms with Crippen LogP contribution in [0.25, 0.3) is 0 Å². The molecular weight excluding hydrogens is 280 g/mol. The Morgan fingerprint density at radius 3 is 2.50 bits per heavy atom. The van der Waals surface area contributed by atoms with Crippen LogP contribution in [0.2, 0.25) is 0 Å². The Morgan fingerprint density at radius 2 is 1.95 bits per heavy atom. The average molecular weight is 308 g/mol. The second-order valence-electron chi connectivity index (χ2n) is 7.69. The Kier molecular flexibility index (Phi) is 4.54. The summed E-state index contributed by atoms with van der Waals surface area (Å²) in [6, 6.07) is 0. The molecule has 0 saturated heterocycles. The third kappa shape index (κ3) is 2.51. The van der Waals surface area contributed by atoms with Gasteiger partial charge in [0.15, 0.2) is 0 Å². The number of carbonyl (C=O) groups excluding carboxylic acids is 1. The van der Waals surface area contributed by atoms with Crippen LogP contribution in [0.5, 0.6) is 0 Å². The Balaban J connectivity index is 2.38. The van der Waals surface area contributed by atoms with Crippen molar-refractivity contribution in [2.24, 2.45) is 22.7 Å². The summed E-state index contributed by atoms with van der Waals surface area (Å²) in [5.41, 5.74) is -0.164. The van der Waals surface area contributed by atoms with Crippen LogP contribution in [-0.4, -0.2) is 28.1 Å². The third-order valence-electron chi connectivity index (χ3n) is 6.46. The largest absolute Gasteiger partial charge is 0.481 e. The molecule has 0 heterocycles. The molecule has 5 atom stereocenters. The second-order valence-corrected chi connectivity index (χ2v) is 7.69. The number of carbonyl (C=O) groups is 2. The van der Waals surface area contributed by atoms with E-state index in [9.17, 15) is 19.8 Å². The summed E-state index contributed by atoms with van der Waals surface area (Å²) >= 11 is 0. The fraction of sp³-hybridized carbons (Fsp3) is 0.778. The molecule has 0 spiro atoms. The Morgan fingerprint density at radius 1 is 1.32 bits per heavy atom. The molecule has 124 valence electrons. The second kappa shape index (κ2) is 5.80. The summed E-state index contributed by atoms with van der Waals surface area (Å²) in [6.07, 6.45) is 3.29. The third-order valence-corrected chi connectivity index (χ3v) is 6.46. The fourth-order valence-electron chi connectivity index (χ4n) is 5.03. The van der Waals surface area contributed by atoms with Crippen molar-refractivity contribution in [2.75, 3.05) is 0 Å². The van der Waals surface area contributed by atoms with E-state index in [1.807, 2.05) is 0 Å². The first-order chi connectivity index (χ1) is 10.1. The van der Waals surface area contributed by atoms with Gasteiger partial charge in [-0.15, -0.1) is 0 Å². The highest BCUT2D eigenvalue weighted by atomic mass is 16.4. The SMILES string of the molecule is C=C1CC[C@@H]2[C@](C)(CC[C@@H](O)[C@]2(C)C(=O)O)[C@H]1CCC(C)=O. The summed E-state index contributed by atoms with van der Waals surface area (Å²) in [6.45, 7) is 9.63. The zero-order valence-corrected chi connectivity index (χ0v) is 13.9. The first kappa shape index (κ1) is 17.2. The number of hydrogen-bond donors (Lipinski definition) is 2. The van der Waals surface area contributed by atoms with E-state index >= 15 is 0 Å². The van der Waals surface area contributed by atoms with E-state index in [4.69, 9.17) is 0 Å². The monoisotopic (exact) mass is 308 g/mol. The summed E-state index contributed by atoms with van der Waals surface area (Å²) in [7, 11) is 0. The lowest BCUT2D eigenvalue weighted by Gasteiger charge is -2.58. The predicted octanol–water partition coefficient (Wildman–Crippen LogP) is 3.19. The van der Waals surface area contributed by atoms with E-state index in [1.165, 1.54) is 0 Å². The number of hydrogen-bond acceptors (Lipinski definition) is 3. The van der Waals surface area contributed by atoms with Gasteiger partial charge in [0.2, 0.25) is 0 Å². The Hall–Kier alpha value is -1.16. The lowest BCUT2D eigenvalue weighted by Crippen LogP contribution is -2.59. The van der Waals surface area contributed by atoms with Gasteiger partial charge in [-0.2, -0.15) is 0 Å². The van der Waals surface area contributed by atoms with Gasteiger partial charge in [-0.1, -0.05) is 19.1 Å². The smallest absolute Gasteiger partial charge is 0.312 e. The number of aliphatic hydroxyl groups is 1. The number of allylic oxidation sites excluding steroid dienone is 1. The number of carboxylic acids is 1. The Labute approximate surface area is 132 Å². The minimum Gasteiger partial charge on any atom is -0.481 e. The van der Waals surface area contributed by atoms with Crippen LogP contribution < -0.4 is 0 Å². The minimum atomic E-state index is -1.11. The number of Topliss-reactive ketones (excluding diaryl/α,β-unsaturated/α-hetero) is 1. The molecule has 0 aromatic heterocycles. The zero-order chi connectivity index (χ0) is 16.7. The van der Waals surface area contributed by atoms with Gasteiger partial charge in [0.1, 0.15) is 5.78 Å². The predicted molar refractivity (Wildman–Crippen MR) is 84.4 cm³/mol. The molecule has 2 aliphatic carbocycles. The lowest BCUT2D eigenvalue weighted by atomic mass is 9.46. The molecule has 4 nitrogen and oxygen atoms in total. The van der Waals surface area contributed by atoms with Gasteiger partial charge in [-0.3, -0.25) is 4.79 Å². The molecule has 0 aromatic rings. The van der Waals surface area contributed by atoms with Crippen LogP contribution >= 0.6 is 0 Å². The highest BCUT2D eigenvalue weighted by Gasteiger charge is 2.60. The van der Waals surface area contributed by atoms with Gasteiger partial charge in [-0.05, 0) is 63.2 Å². The molecule has 0 amide bonds. The number of aliphatic carboxylic acids is 1. The molecule has 2 N–H and O–H groups in total. The first-order valence-electron chi connectivity index (χ1n) is 8.22. The van der Waals surface area contributed by atoms with Crippen molar-refractivity contribution >= 4 is 11.8 Å². The number of ketones is 1. The van der Waals surface area contributed by atoms with E-state index in [-0.39, 0.29) is 23.0 Å². The van der Waals surface area contributed by atoms with E-state index in [0.29, 0.717) is 12.8 Å². The van der Waals surface area contributed by atoms with Crippen LogP contribution in [0.4, 0.5) is 0 Å². The van der Waals surface area contributed by atoms with Crippen LogP contribution in [0.3, 0.4) is 0 Å². The molecule has 2 rings (SSSR count). The number of fused-ring (bicyclic) bond motifs is 1. The van der Waals surface area contributed by atoms with Gasteiger partial charge < -0.3 is 15.0 Å². The van der Waals surface area contributed by atoms with Gasteiger partial charge in [0.05, 0.1) is 11.5 Å². The van der Waals surface area contributed by atoms with E-state index in [0.717, 1.165) is 31.3 Å². The normalized spacial score (nSPS) is 41.8. The maximum Gasteiger partial charge on any atom is 0.312 e. The highest BCUT2D eigenvalue weighted by molar-refractivity contribution is 5.76. The maximum atomic E-state index is 11.9. The van der Waals surface area contributed by atoms with E-state index < -0.39 is 17.5 Å². The molecule has 0 unspecified atom stereocenters. The summed E-state index contributed by atoms with van der Waals surface area (Å²) in [5.74, 6) is -0.658. The minimum absolute atomic E-state index is 0.0799. The molecule has 0 bridgehead atoms. The van der Waals surface area contributed by atoms with Gasteiger partial charge in [0, 0.05) is 6.42 Å². The van der Waals surface area contributed by atoms with Crippen molar-refractivity contribution in [3.8, 4) is 0 Å². The molecular formula is C18H28O4. The fourth-order valence-corrected chi connectivity index (χ4v) is 5.03. The van der Waals surface area contributed by atoms with Crippen molar-refractivity contribution in [3.63, 3.8) is 0 Å². The zero-order valence-electron chi connectivity index (χ0n) is 13.9. The van der Waals surface area contributed by atoms with Gasteiger partial charge in [0.25, 0.3) is 0 Å². The molecule has 2 fully saturated rings. The first-order valence-corrected chi connectivity index (χ1v) is 8.22. The topological polar surface area (TPSA) is 74.6 Å². The number of rotatable bonds is 4. The van der Waals surface area contributed by atoms with Crippen molar-refractivity contribution in [1.29, 1.82) is 0 Å². The number of carboxylic acid groups (broad SMARTS) is 1. The quantitative estimate of drug-likeness (QED) is 0.782. The lowest BCUT2D eigenvalue weighted by molar-refractivity contribution is -0.183. The van der Waals surface area contributed by atoms with Crippen molar-refractivity contribution in [3.05, 3.63) is 12.2 Å². The summed E-state index contributed by atoms with van der Waals surface area (Å²) < 4.78 is 0. The highest BCUT2D eigenvalue weighted by Crippen LogP contribution is 2.61. The van der Waals surface area contributed by atoms with Crippen LogP contribution in [0, 0.1) is 22.7 Å². The molecule has 0 radical (unpaired) electrons. The Bertz CT molecular complexity index is 497. The van der Waals surface area contributed by atoms with Gasteiger partial charge in [-0.25, -0.2) is 0 Å². The summed E-state index contributed by atoms with van der Waals surface area (Å²) in [4.78, 5) is 23.3. The van der Waals surface area contributed by atoms with E-state index in [1.54, 1.807) is 13.8 Å². The van der Waals surface area contributed by atoms with Crippen LogP contribution in [0.15, 0.2) is 12.2 Å². The van der Waals surface area contributed by atoms with Crippen LogP contribution in [0.1, 0.15) is 59.3 Å². The van der Waals surface area contributed by atoms with Crippen molar-refractivity contribution in [2.45, 2.75) is 65.4 Å². The summed E-state index contributed by atoms with van der Waals surface area (Å²) in [5, 5.41) is 20.1. The molecule has 0 aromatic carbocycles. The number of aliphatic hydroxyl groups excluding tert-OH is 1. The average Bonchev–Trinajstić information content (AvgIpc) is 2.42. The van der Waals surface area contributed by atoms with E-state index in [2.05, 4.69) is 13.5 Å². The maximum absolute atomic E-state index is 11.9. The van der Waals surface area contributed by atoms with Crippen LogP contribution in [-0.2, 0) is 9.59 Å². The van der Waals surface area contributed by atoms with Crippen molar-refractivity contribution in [1.82, 2.24) is 0 Å². The standard InChI is InChI=1S/C18H28O4/c1-11-5-8-14-17(3,13(11)7-6-12(2)19)10-9-15(20)18(14,4)16(21)22/h13-15,20H,1,5-10H2,2-4H3,(H,21,22)/t13-,14+,15+,17+,18+/m0/s1. The van der Waals surface area contributed by atoms with Crippen molar-refractivity contribution < 1.29 is 19.8 Å².